The molecule has 0 atom stereocenters. The van der Waals surface area contributed by atoms with Crippen molar-refractivity contribution in [1.29, 1.82) is 0 Å². The third-order valence-electron chi connectivity index (χ3n) is 11.0. The fourth-order valence-electron chi connectivity index (χ4n) is 8.77. The van der Waals surface area contributed by atoms with Gasteiger partial charge in [0.25, 0.3) is 0 Å². The van der Waals surface area contributed by atoms with E-state index in [1.165, 1.54) is 78.4 Å². The number of hydrogen-bond acceptors (Lipinski definition) is 4. The van der Waals surface area contributed by atoms with Gasteiger partial charge >= 0.3 is 0 Å². The second-order valence-electron chi connectivity index (χ2n) is 16.9. The normalized spacial score (nSPS) is 14.8. The highest BCUT2D eigenvalue weighted by Gasteiger charge is 2.35. The lowest BCUT2D eigenvalue weighted by Crippen LogP contribution is -2.30. The molecule has 1 saturated heterocycles. The Morgan fingerprint density at radius 3 is 0.963 bits per heavy atom. The summed E-state index contributed by atoms with van der Waals surface area (Å²) in [6.45, 7) is 35.0. The van der Waals surface area contributed by atoms with Crippen molar-refractivity contribution >= 4 is 46.0 Å². The zero-order valence-electron chi connectivity index (χ0n) is 35.5. The smallest absolute Gasteiger partial charge is 0.146 e. The third kappa shape index (κ3) is 8.46. The molecule has 0 aromatic heterocycles. The Balaban J connectivity index is 0.000000217. The zero-order chi connectivity index (χ0) is 39.8. The molecule has 4 nitrogen and oxygen atoms in total. The summed E-state index contributed by atoms with van der Waals surface area (Å²) >= 11 is 13.9. The van der Waals surface area contributed by atoms with Gasteiger partial charge in [-0.25, -0.2) is 0 Å². The van der Waals surface area contributed by atoms with Crippen molar-refractivity contribution in [2.75, 3.05) is 46.0 Å². The van der Waals surface area contributed by atoms with E-state index in [0.717, 1.165) is 19.8 Å². The first kappa shape index (κ1) is 41.6. The minimum atomic E-state index is 0.389. The first-order valence-electron chi connectivity index (χ1n) is 19.9. The van der Waals surface area contributed by atoms with Gasteiger partial charge in [0, 0.05) is 24.5 Å². The fourth-order valence-corrected chi connectivity index (χ4v) is 9.25. The molecule has 0 aliphatic carbocycles. The minimum absolute atomic E-state index is 0.389. The van der Waals surface area contributed by atoms with Gasteiger partial charge in [-0.2, -0.15) is 0 Å². The van der Waals surface area contributed by atoms with Crippen molar-refractivity contribution in [2.24, 2.45) is 0 Å². The molecular weight excluding hydrogens is 703 g/mol. The summed E-state index contributed by atoms with van der Waals surface area (Å²) < 4.78 is 0. The molecule has 2 aliphatic heterocycles. The molecule has 0 radical (unpaired) electrons. The van der Waals surface area contributed by atoms with Gasteiger partial charge in [0.1, 0.15) is 17.0 Å². The summed E-state index contributed by atoms with van der Waals surface area (Å²) in [5.41, 5.74) is 18.7. The van der Waals surface area contributed by atoms with Crippen LogP contribution in [0.1, 0.15) is 135 Å². The quantitative estimate of drug-likeness (QED) is 0.166. The summed E-state index contributed by atoms with van der Waals surface area (Å²) in [5, 5.41) is 1.20. The number of rotatable bonds is 8. The Bertz CT molecular complexity index is 1770. The van der Waals surface area contributed by atoms with Crippen molar-refractivity contribution in [2.45, 2.75) is 121 Å². The van der Waals surface area contributed by atoms with E-state index in [-0.39, 0.29) is 0 Å². The molecule has 2 aliphatic rings. The van der Waals surface area contributed by atoms with Crippen molar-refractivity contribution in [3.05, 3.63) is 127 Å². The Morgan fingerprint density at radius 1 is 0.426 bits per heavy atom. The summed E-state index contributed by atoms with van der Waals surface area (Å²) in [6.07, 6.45) is 0. The lowest BCUT2D eigenvalue weighted by atomic mass is 9.91. The van der Waals surface area contributed by atoms with Crippen molar-refractivity contribution < 1.29 is 0 Å². The molecule has 0 bridgehead atoms. The van der Waals surface area contributed by atoms with Crippen LogP contribution in [0.15, 0.2) is 71.0 Å². The maximum Gasteiger partial charge on any atom is 0.146 e. The number of para-hydroxylation sites is 2. The largest absolute Gasteiger partial charge is 0.352 e. The molecule has 4 aromatic rings. The Labute approximate surface area is 337 Å². The van der Waals surface area contributed by atoms with Crippen LogP contribution in [0.25, 0.3) is 0 Å². The molecule has 4 aromatic carbocycles. The number of benzene rings is 4. The summed E-state index contributed by atoms with van der Waals surface area (Å²) in [4.78, 5) is 9.47. The van der Waals surface area contributed by atoms with Crippen LogP contribution in [0.2, 0.25) is 0 Å². The molecule has 0 N–H and O–H groups in total. The number of aryl methyl sites for hydroxylation is 6. The van der Waals surface area contributed by atoms with E-state index in [1.54, 1.807) is 0 Å². The first-order valence-corrected chi connectivity index (χ1v) is 20.7. The van der Waals surface area contributed by atoms with Crippen LogP contribution in [0.3, 0.4) is 0 Å². The molecule has 1 fully saturated rings. The molecule has 0 amide bonds. The molecule has 0 unspecified atom stereocenters. The molecule has 290 valence electrons. The summed E-state index contributed by atoms with van der Waals surface area (Å²) in [7, 11) is 0. The maximum atomic E-state index is 6.96. The number of nitrogens with zero attached hydrogens (tertiary/aromatic N) is 4. The first-order chi connectivity index (χ1) is 25.4. The zero-order valence-corrected chi connectivity index (χ0v) is 37.0. The van der Waals surface area contributed by atoms with E-state index in [0.29, 0.717) is 40.7 Å². The molecule has 6 heteroatoms. The topological polar surface area (TPSA) is 13.0 Å². The summed E-state index contributed by atoms with van der Waals surface area (Å²) in [6, 6.07) is 22.4. The maximum absolute atomic E-state index is 6.96. The van der Waals surface area contributed by atoms with Gasteiger partial charge in [-0.3, -0.25) is 0 Å². The second-order valence-corrected chi connectivity index (χ2v) is 17.6. The molecule has 54 heavy (non-hydrogen) atoms. The van der Waals surface area contributed by atoms with E-state index < -0.39 is 0 Å². The predicted molar refractivity (Wildman–Crippen MR) is 239 cm³/mol. The number of anilines is 4. The number of hydrogen-bond donors (Lipinski definition) is 0. The van der Waals surface area contributed by atoms with E-state index in [2.05, 4.69) is 177 Å². The molecule has 2 heterocycles. The Kier molecular flexibility index (Phi) is 13.1. The van der Waals surface area contributed by atoms with Gasteiger partial charge in [-0.15, -0.1) is 0 Å². The molecular formula is C48H64Cl2N4. The lowest BCUT2D eigenvalue weighted by molar-refractivity contribution is 0.801. The van der Waals surface area contributed by atoms with Crippen LogP contribution >= 0.6 is 23.2 Å². The molecule has 0 saturated carbocycles. The van der Waals surface area contributed by atoms with E-state index in [4.69, 9.17) is 23.2 Å². The van der Waals surface area contributed by atoms with Crippen LogP contribution in [-0.2, 0) is 0 Å². The van der Waals surface area contributed by atoms with Crippen LogP contribution in [0.4, 0.5) is 22.7 Å². The van der Waals surface area contributed by atoms with Gasteiger partial charge in [0.05, 0.1) is 18.0 Å². The van der Waals surface area contributed by atoms with E-state index in [1.807, 2.05) is 0 Å². The second kappa shape index (κ2) is 17.0. The van der Waals surface area contributed by atoms with Gasteiger partial charge < -0.3 is 19.6 Å². The monoisotopic (exact) mass is 766 g/mol. The highest BCUT2D eigenvalue weighted by Crippen LogP contribution is 2.46. The fraction of sp³-hybridized carbons (Fsp3) is 0.458. The average molecular weight is 768 g/mol. The third-order valence-corrected chi connectivity index (χ3v) is 11.9. The predicted octanol–water partition coefficient (Wildman–Crippen LogP) is 13.9. The Hall–Kier alpha value is -3.60. The van der Waals surface area contributed by atoms with E-state index in [9.17, 15) is 0 Å². The van der Waals surface area contributed by atoms with Crippen LogP contribution in [-0.4, -0.2) is 26.4 Å². The van der Waals surface area contributed by atoms with Crippen LogP contribution < -0.4 is 19.6 Å². The standard InChI is InChI=1S/C27H36Cl2N2.C21H28N2/c1-16(2)20-11-9-12-21(17(3)4)24(20)30-15-31(27(29)26(30)28)25-22(18(5)6)13-10-14-23(25)19(7)8;1-14-9-16(3)20(17(4)10-14)22-7-8-23(13-22)21-18(5)11-15(2)12-19(21)6/h9-14,16-19H,15H2,1-8H3;9-12H,7-8,13H2,1-6H3. The summed E-state index contributed by atoms with van der Waals surface area (Å²) in [5.74, 6) is 1.56. The van der Waals surface area contributed by atoms with Gasteiger partial charge in [0.15, 0.2) is 0 Å². The van der Waals surface area contributed by atoms with Gasteiger partial charge in [-0.05, 0) is 110 Å². The lowest BCUT2D eigenvalue weighted by Gasteiger charge is -2.31. The molecule has 6 rings (SSSR count). The van der Waals surface area contributed by atoms with Crippen LogP contribution in [0, 0.1) is 41.5 Å². The van der Waals surface area contributed by atoms with Crippen molar-refractivity contribution in [3.63, 3.8) is 0 Å². The van der Waals surface area contributed by atoms with Gasteiger partial charge in [0.2, 0.25) is 0 Å². The van der Waals surface area contributed by atoms with E-state index >= 15 is 0 Å². The van der Waals surface area contributed by atoms with Crippen molar-refractivity contribution in [1.82, 2.24) is 0 Å². The van der Waals surface area contributed by atoms with Crippen LogP contribution in [0.5, 0.6) is 0 Å². The Morgan fingerprint density at radius 2 is 0.704 bits per heavy atom. The van der Waals surface area contributed by atoms with Gasteiger partial charge in [-0.1, -0.05) is 150 Å². The highest BCUT2D eigenvalue weighted by atomic mass is 35.5. The number of halogens is 2. The molecule has 0 spiro atoms. The average Bonchev–Trinajstić information content (AvgIpc) is 3.67. The minimum Gasteiger partial charge on any atom is -0.352 e. The SMILES string of the molecule is CC(C)c1cccc(C(C)C)c1N1CN(c2c(C(C)C)cccc2C(C)C)C(Cl)=C1Cl.Cc1cc(C)c(N2CCN(c3c(C)cc(C)cc3C)C2)c(C)c1. The van der Waals surface area contributed by atoms with Crippen molar-refractivity contribution in [3.8, 4) is 0 Å². The highest BCUT2D eigenvalue weighted by molar-refractivity contribution is 6.42.